The van der Waals surface area contributed by atoms with E-state index in [0.717, 1.165) is 30.8 Å². The highest BCUT2D eigenvalue weighted by molar-refractivity contribution is 7.99. The van der Waals surface area contributed by atoms with E-state index in [1.54, 1.807) is 12.1 Å². The average molecular weight is 343 g/mol. The van der Waals surface area contributed by atoms with E-state index in [-0.39, 0.29) is 11.7 Å². The maximum Gasteiger partial charge on any atom is 0.227 e. The Morgan fingerprint density at radius 2 is 1.92 bits per heavy atom. The van der Waals surface area contributed by atoms with Crippen LogP contribution in [-0.4, -0.2) is 29.6 Å². The van der Waals surface area contributed by atoms with Crippen LogP contribution in [0.2, 0.25) is 0 Å². The lowest BCUT2D eigenvalue weighted by molar-refractivity contribution is -0.130. The van der Waals surface area contributed by atoms with Gasteiger partial charge in [-0.1, -0.05) is 36.4 Å². The molecule has 3 rings (SSSR count). The van der Waals surface area contributed by atoms with Gasteiger partial charge in [-0.15, -0.1) is 0 Å². The molecule has 1 saturated heterocycles. The number of nitrogens with zero attached hydrogens (tertiary/aromatic N) is 1. The van der Waals surface area contributed by atoms with E-state index in [2.05, 4.69) is 31.2 Å². The fraction of sp³-hybridized carbons (Fsp3) is 0.350. The van der Waals surface area contributed by atoms with E-state index in [1.165, 1.54) is 23.3 Å². The molecular formula is C20H22FNOS. The number of hydrogen-bond donors (Lipinski definition) is 0. The summed E-state index contributed by atoms with van der Waals surface area (Å²) in [6.07, 6.45) is 1.32. The summed E-state index contributed by atoms with van der Waals surface area (Å²) >= 11 is 1.94. The zero-order valence-electron chi connectivity index (χ0n) is 13.9. The van der Waals surface area contributed by atoms with Gasteiger partial charge in [0, 0.05) is 24.1 Å². The van der Waals surface area contributed by atoms with Crippen LogP contribution in [0.25, 0.3) is 0 Å². The lowest BCUT2D eigenvalue weighted by Crippen LogP contribution is -2.34. The van der Waals surface area contributed by atoms with Crippen LogP contribution in [0.3, 0.4) is 0 Å². The second-order valence-electron chi connectivity index (χ2n) is 6.19. The first kappa shape index (κ1) is 17.0. The molecule has 0 aliphatic carbocycles. The standard InChI is InChI=1S/C20H22FNOS/c1-15-4-2-3-5-18(15)19-10-11-22(12-13-24-19)20(23)14-16-6-8-17(21)9-7-16/h2-9,19H,10-14H2,1H3. The first-order valence-corrected chi connectivity index (χ1v) is 9.38. The van der Waals surface area contributed by atoms with Gasteiger partial charge in [0.05, 0.1) is 6.42 Å². The monoisotopic (exact) mass is 343 g/mol. The fourth-order valence-electron chi connectivity index (χ4n) is 3.10. The van der Waals surface area contributed by atoms with Gasteiger partial charge in [0.1, 0.15) is 5.82 Å². The van der Waals surface area contributed by atoms with Gasteiger partial charge in [-0.05, 0) is 42.2 Å². The second kappa shape index (κ2) is 7.84. The van der Waals surface area contributed by atoms with Crippen molar-refractivity contribution in [2.45, 2.75) is 25.0 Å². The molecule has 1 aliphatic rings. The molecular weight excluding hydrogens is 321 g/mol. The molecule has 1 atom stereocenters. The molecule has 1 aliphatic heterocycles. The summed E-state index contributed by atoms with van der Waals surface area (Å²) in [6, 6.07) is 14.7. The van der Waals surface area contributed by atoms with Crippen molar-refractivity contribution < 1.29 is 9.18 Å². The maximum absolute atomic E-state index is 13.0. The maximum atomic E-state index is 13.0. The summed E-state index contributed by atoms with van der Waals surface area (Å²) in [6.45, 7) is 3.72. The van der Waals surface area contributed by atoms with E-state index >= 15 is 0 Å². The SMILES string of the molecule is Cc1ccccc1C1CCN(C(=O)Cc2ccc(F)cc2)CCS1. The minimum absolute atomic E-state index is 0.132. The van der Waals surface area contributed by atoms with Crippen LogP contribution in [0.1, 0.15) is 28.4 Å². The van der Waals surface area contributed by atoms with Crippen molar-refractivity contribution in [2.75, 3.05) is 18.8 Å². The zero-order valence-corrected chi connectivity index (χ0v) is 14.7. The molecule has 24 heavy (non-hydrogen) atoms. The van der Waals surface area contributed by atoms with Gasteiger partial charge in [-0.25, -0.2) is 4.39 Å². The summed E-state index contributed by atoms with van der Waals surface area (Å²) in [7, 11) is 0. The summed E-state index contributed by atoms with van der Waals surface area (Å²) in [5.41, 5.74) is 3.57. The number of aryl methyl sites for hydroxylation is 1. The summed E-state index contributed by atoms with van der Waals surface area (Å²) in [4.78, 5) is 14.5. The summed E-state index contributed by atoms with van der Waals surface area (Å²) in [5, 5.41) is 0.454. The number of hydrogen-bond acceptors (Lipinski definition) is 2. The highest BCUT2D eigenvalue weighted by Gasteiger charge is 2.22. The first-order valence-electron chi connectivity index (χ1n) is 8.33. The smallest absolute Gasteiger partial charge is 0.227 e. The molecule has 0 radical (unpaired) electrons. The van der Waals surface area contributed by atoms with Crippen molar-refractivity contribution in [1.82, 2.24) is 4.90 Å². The molecule has 4 heteroatoms. The molecule has 1 amide bonds. The Morgan fingerprint density at radius 3 is 2.67 bits per heavy atom. The number of amides is 1. The Hall–Kier alpha value is -1.81. The predicted octanol–water partition coefficient (Wildman–Crippen LogP) is 4.38. The number of halogens is 1. The third kappa shape index (κ3) is 4.18. The topological polar surface area (TPSA) is 20.3 Å². The van der Waals surface area contributed by atoms with Crippen molar-refractivity contribution in [2.24, 2.45) is 0 Å². The van der Waals surface area contributed by atoms with Crippen molar-refractivity contribution in [1.29, 1.82) is 0 Å². The minimum atomic E-state index is -0.265. The number of carbonyl (C=O) groups is 1. The number of thioether (sulfide) groups is 1. The van der Waals surface area contributed by atoms with E-state index < -0.39 is 0 Å². The molecule has 0 spiro atoms. The quantitative estimate of drug-likeness (QED) is 0.824. The molecule has 0 aromatic heterocycles. The first-order chi connectivity index (χ1) is 11.6. The highest BCUT2D eigenvalue weighted by atomic mass is 32.2. The van der Waals surface area contributed by atoms with E-state index in [1.807, 2.05) is 16.7 Å². The van der Waals surface area contributed by atoms with Crippen LogP contribution < -0.4 is 0 Å². The van der Waals surface area contributed by atoms with Gasteiger partial charge in [-0.2, -0.15) is 11.8 Å². The average Bonchev–Trinajstić information content (AvgIpc) is 2.83. The van der Waals surface area contributed by atoms with Crippen LogP contribution in [0.4, 0.5) is 4.39 Å². The number of carbonyl (C=O) groups excluding carboxylic acids is 1. The summed E-state index contributed by atoms with van der Waals surface area (Å²) < 4.78 is 13.0. The van der Waals surface area contributed by atoms with Crippen molar-refractivity contribution >= 4 is 17.7 Å². The molecule has 1 heterocycles. The molecule has 2 nitrogen and oxygen atoms in total. The number of benzene rings is 2. The predicted molar refractivity (Wildman–Crippen MR) is 97.7 cm³/mol. The molecule has 1 fully saturated rings. The van der Waals surface area contributed by atoms with E-state index in [4.69, 9.17) is 0 Å². The molecule has 1 unspecified atom stereocenters. The zero-order chi connectivity index (χ0) is 16.9. The third-order valence-corrected chi connectivity index (χ3v) is 5.81. The fourth-order valence-corrected chi connectivity index (χ4v) is 4.43. The van der Waals surface area contributed by atoms with Crippen molar-refractivity contribution in [3.8, 4) is 0 Å². The number of rotatable bonds is 3. The van der Waals surface area contributed by atoms with Crippen LogP contribution in [0.15, 0.2) is 48.5 Å². The molecule has 2 aromatic rings. The van der Waals surface area contributed by atoms with Crippen LogP contribution in [0.5, 0.6) is 0 Å². The Morgan fingerprint density at radius 1 is 1.17 bits per heavy atom. The third-order valence-electron chi connectivity index (χ3n) is 4.50. The molecule has 0 N–H and O–H groups in total. The minimum Gasteiger partial charge on any atom is -0.342 e. The van der Waals surface area contributed by atoms with Crippen molar-refractivity contribution in [3.63, 3.8) is 0 Å². The largest absolute Gasteiger partial charge is 0.342 e. The van der Waals surface area contributed by atoms with Gasteiger partial charge in [0.2, 0.25) is 5.91 Å². The normalized spacial score (nSPS) is 18.2. The van der Waals surface area contributed by atoms with Crippen LogP contribution >= 0.6 is 11.8 Å². The van der Waals surface area contributed by atoms with Gasteiger partial charge >= 0.3 is 0 Å². The molecule has 126 valence electrons. The Kier molecular flexibility index (Phi) is 5.56. The van der Waals surface area contributed by atoms with E-state index in [9.17, 15) is 9.18 Å². The Bertz CT molecular complexity index is 701. The van der Waals surface area contributed by atoms with E-state index in [0.29, 0.717) is 11.7 Å². The highest BCUT2D eigenvalue weighted by Crippen LogP contribution is 2.35. The lowest BCUT2D eigenvalue weighted by atomic mass is 10.0. The molecule has 0 saturated carbocycles. The molecule has 0 bridgehead atoms. The Labute approximate surface area is 147 Å². The van der Waals surface area contributed by atoms with Crippen LogP contribution in [-0.2, 0) is 11.2 Å². The lowest BCUT2D eigenvalue weighted by Gasteiger charge is -2.21. The van der Waals surface area contributed by atoms with Gasteiger partial charge in [0.15, 0.2) is 0 Å². The summed E-state index contributed by atoms with van der Waals surface area (Å²) in [5.74, 6) is 0.819. The molecule has 2 aromatic carbocycles. The van der Waals surface area contributed by atoms with Gasteiger partial charge < -0.3 is 4.90 Å². The Balaban J connectivity index is 1.61. The second-order valence-corrected chi connectivity index (χ2v) is 7.50. The van der Waals surface area contributed by atoms with Gasteiger partial charge in [-0.3, -0.25) is 4.79 Å². The van der Waals surface area contributed by atoms with Crippen molar-refractivity contribution in [3.05, 3.63) is 71.0 Å². The van der Waals surface area contributed by atoms with Gasteiger partial charge in [0.25, 0.3) is 0 Å². The van der Waals surface area contributed by atoms with Crippen LogP contribution in [0, 0.1) is 12.7 Å².